The van der Waals surface area contributed by atoms with Gasteiger partial charge >= 0.3 is 0 Å². The molecule has 94 valence electrons. The molecule has 1 amide bonds. The zero-order chi connectivity index (χ0) is 13.4. The Bertz CT molecular complexity index is 697. The number of hydrogen-bond acceptors (Lipinski definition) is 4. The number of nitrogens with one attached hydrogen (secondary N) is 1. The van der Waals surface area contributed by atoms with Crippen LogP contribution in [0.2, 0.25) is 0 Å². The van der Waals surface area contributed by atoms with E-state index in [1.165, 1.54) is 18.2 Å². The molecule has 1 heterocycles. The molecule has 0 fully saturated rings. The Morgan fingerprint density at radius 2 is 1.89 bits per heavy atom. The first kappa shape index (κ1) is 11.2. The molecule has 6 nitrogen and oxygen atoms in total. The second kappa shape index (κ2) is 4.09. The number of carbonyl (C=O) groups is 1. The van der Waals surface area contributed by atoms with Gasteiger partial charge in [-0.05, 0) is 18.2 Å². The van der Waals surface area contributed by atoms with Gasteiger partial charge < -0.3 is 10.1 Å². The summed E-state index contributed by atoms with van der Waals surface area (Å²) in [7, 11) is 0. The summed E-state index contributed by atoms with van der Waals surface area (Å²) in [5.74, 6) is 0.450. The van der Waals surface area contributed by atoms with Gasteiger partial charge in [-0.1, -0.05) is 12.1 Å². The number of benzene rings is 2. The summed E-state index contributed by atoms with van der Waals surface area (Å²) in [6.45, 7) is 0. The van der Waals surface area contributed by atoms with E-state index in [-0.39, 0.29) is 17.3 Å². The van der Waals surface area contributed by atoms with E-state index < -0.39 is 4.92 Å². The van der Waals surface area contributed by atoms with Gasteiger partial charge in [0.25, 0.3) is 11.6 Å². The fraction of sp³-hybridized carbons (Fsp3) is 0. The number of nitro benzene ring substituents is 1. The van der Waals surface area contributed by atoms with Crippen LogP contribution in [0.3, 0.4) is 0 Å². The lowest BCUT2D eigenvalue weighted by molar-refractivity contribution is -0.384. The maximum Gasteiger partial charge on any atom is 0.271 e. The summed E-state index contributed by atoms with van der Waals surface area (Å²) in [5, 5.41) is 13.3. The number of amides is 1. The van der Waals surface area contributed by atoms with E-state index in [0.717, 1.165) is 0 Å². The Morgan fingerprint density at radius 1 is 1.11 bits per heavy atom. The molecule has 0 radical (unpaired) electrons. The van der Waals surface area contributed by atoms with E-state index in [1.54, 1.807) is 24.3 Å². The van der Waals surface area contributed by atoms with Gasteiger partial charge in [-0.15, -0.1) is 0 Å². The molecule has 19 heavy (non-hydrogen) atoms. The first-order chi connectivity index (χ1) is 9.15. The first-order valence-electron chi connectivity index (χ1n) is 5.52. The van der Waals surface area contributed by atoms with Gasteiger partial charge in [-0.25, -0.2) is 0 Å². The van der Waals surface area contributed by atoms with Crippen molar-refractivity contribution in [3.63, 3.8) is 0 Å². The third kappa shape index (κ3) is 1.89. The number of non-ortho nitro benzene ring substituents is 1. The van der Waals surface area contributed by atoms with Crippen LogP contribution in [-0.4, -0.2) is 10.8 Å². The van der Waals surface area contributed by atoms with Gasteiger partial charge in [-0.3, -0.25) is 14.9 Å². The Morgan fingerprint density at radius 3 is 2.68 bits per heavy atom. The second-order valence-electron chi connectivity index (χ2n) is 3.99. The zero-order valence-corrected chi connectivity index (χ0v) is 9.62. The van der Waals surface area contributed by atoms with Crippen LogP contribution in [-0.2, 0) is 0 Å². The highest BCUT2D eigenvalue weighted by Crippen LogP contribution is 2.37. The Balaban J connectivity index is 2.12. The van der Waals surface area contributed by atoms with Gasteiger partial charge in [0.1, 0.15) is 5.75 Å². The number of rotatable bonds is 1. The molecule has 0 saturated carbocycles. The summed E-state index contributed by atoms with van der Waals surface area (Å²) >= 11 is 0. The zero-order valence-electron chi connectivity index (χ0n) is 9.62. The summed E-state index contributed by atoms with van der Waals surface area (Å²) in [6, 6.07) is 10.9. The van der Waals surface area contributed by atoms with Crippen molar-refractivity contribution in [3.8, 4) is 11.5 Å². The molecule has 3 rings (SSSR count). The second-order valence-corrected chi connectivity index (χ2v) is 3.99. The van der Waals surface area contributed by atoms with Gasteiger partial charge in [0.05, 0.1) is 16.2 Å². The third-order valence-corrected chi connectivity index (χ3v) is 2.77. The fourth-order valence-corrected chi connectivity index (χ4v) is 1.87. The highest BCUT2D eigenvalue weighted by atomic mass is 16.6. The van der Waals surface area contributed by atoms with Gasteiger partial charge in [0, 0.05) is 12.1 Å². The van der Waals surface area contributed by atoms with Crippen LogP contribution in [0.25, 0.3) is 0 Å². The molecule has 0 bridgehead atoms. The number of nitrogens with zero attached hydrogens (tertiary/aromatic N) is 1. The van der Waals surface area contributed by atoms with Crippen molar-refractivity contribution in [3.05, 3.63) is 58.1 Å². The van der Waals surface area contributed by atoms with Crippen molar-refractivity contribution in [2.75, 3.05) is 5.32 Å². The SMILES string of the molecule is O=C1Nc2cc([N+](=O)[O-])ccc2Oc2ccccc21. The Hall–Kier alpha value is -2.89. The molecule has 6 heteroatoms. The van der Waals surface area contributed by atoms with Gasteiger partial charge in [0.2, 0.25) is 0 Å². The quantitative estimate of drug-likeness (QED) is 0.628. The molecule has 1 aliphatic heterocycles. The predicted molar refractivity (Wildman–Crippen MR) is 67.6 cm³/mol. The molecule has 2 aromatic rings. The minimum atomic E-state index is -0.523. The van der Waals surface area contributed by atoms with Crippen LogP contribution in [0.4, 0.5) is 11.4 Å². The molecule has 2 aromatic carbocycles. The molecular formula is C13H8N2O4. The molecule has 1 aliphatic rings. The Kier molecular flexibility index (Phi) is 2.42. The van der Waals surface area contributed by atoms with E-state index in [0.29, 0.717) is 17.1 Å². The lowest BCUT2D eigenvalue weighted by Gasteiger charge is -2.06. The maximum absolute atomic E-state index is 12.0. The minimum absolute atomic E-state index is 0.103. The minimum Gasteiger partial charge on any atom is -0.454 e. The average Bonchev–Trinajstić information content (AvgIpc) is 2.54. The van der Waals surface area contributed by atoms with Gasteiger partial charge in [-0.2, -0.15) is 0 Å². The number of para-hydroxylation sites is 1. The topological polar surface area (TPSA) is 81.5 Å². The van der Waals surface area contributed by atoms with E-state index in [2.05, 4.69) is 5.32 Å². The molecule has 1 N–H and O–H groups in total. The largest absolute Gasteiger partial charge is 0.454 e. The van der Waals surface area contributed by atoms with Crippen LogP contribution in [0.5, 0.6) is 11.5 Å². The molecule has 0 spiro atoms. The van der Waals surface area contributed by atoms with E-state index in [4.69, 9.17) is 4.74 Å². The van der Waals surface area contributed by atoms with Crippen LogP contribution in [0.15, 0.2) is 42.5 Å². The summed E-state index contributed by atoms with van der Waals surface area (Å²) < 4.78 is 5.60. The normalized spacial score (nSPS) is 12.5. The standard InChI is InChI=1S/C13H8N2O4/c16-13-9-3-1-2-4-11(9)19-12-6-5-8(15(17)18)7-10(12)14-13/h1-7H,(H,14,16). The number of fused-ring (bicyclic) bond motifs is 2. The summed E-state index contributed by atoms with van der Waals surface area (Å²) in [6.07, 6.45) is 0. The maximum atomic E-state index is 12.0. The van der Waals surface area contributed by atoms with Crippen LogP contribution >= 0.6 is 0 Å². The van der Waals surface area contributed by atoms with E-state index >= 15 is 0 Å². The molecule has 0 aromatic heterocycles. The first-order valence-corrected chi connectivity index (χ1v) is 5.52. The van der Waals surface area contributed by atoms with Crippen molar-refractivity contribution < 1.29 is 14.5 Å². The van der Waals surface area contributed by atoms with Crippen LogP contribution in [0.1, 0.15) is 10.4 Å². The van der Waals surface area contributed by atoms with Crippen molar-refractivity contribution in [1.82, 2.24) is 0 Å². The smallest absolute Gasteiger partial charge is 0.271 e. The lowest BCUT2D eigenvalue weighted by Crippen LogP contribution is -2.10. The molecule has 0 aliphatic carbocycles. The highest BCUT2D eigenvalue weighted by Gasteiger charge is 2.22. The van der Waals surface area contributed by atoms with Crippen LogP contribution < -0.4 is 10.1 Å². The average molecular weight is 256 g/mol. The highest BCUT2D eigenvalue weighted by molar-refractivity contribution is 6.08. The van der Waals surface area contributed by atoms with Crippen LogP contribution in [0, 0.1) is 10.1 Å². The Labute approximate surface area is 107 Å². The molecule has 0 atom stereocenters. The van der Waals surface area contributed by atoms with E-state index in [1.807, 2.05) is 0 Å². The molecule has 0 saturated heterocycles. The van der Waals surface area contributed by atoms with Gasteiger partial charge in [0.15, 0.2) is 5.75 Å². The third-order valence-electron chi connectivity index (χ3n) is 2.77. The van der Waals surface area contributed by atoms with E-state index in [9.17, 15) is 14.9 Å². The molecular weight excluding hydrogens is 248 g/mol. The lowest BCUT2D eigenvalue weighted by atomic mass is 10.2. The summed E-state index contributed by atoms with van der Waals surface area (Å²) in [5.41, 5.74) is 0.574. The van der Waals surface area contributed by atoms with Crippen molar-refractivity contribution in [2.45, 2.75) is 0 Å². The number of anilines is 1. The summed E-state index contributed by atoms with van der Waals surface area (Å²) in [4.78, 5) is 22.2. The van der Waals surface area contributed by atoms with Crippen molar-refractivity contribution >= 4 is 17.3 Å². The van der Waals surface area contributed by atoms with Crippen molar-refractivity contribution in [1.29, 1.82) is 0 Å². The number of ether oxygens (including phenoxy) is 1. The fourth-order valence-electron chi connectivity index (χ4n) is 1.87. The monoisotopic (exact) mass is 256 g/mol. The van der Waals surface area contributed by atoms with Crippen molar-refractivity contribution in [2.24, 2.45) is 0 Å². The number of nitro groups is 1. The molecule has 0 unspecified atom stereocenters. The predicted octanol–water partition coefficient (Wildman–Crippen LogP) is 2.95. The number of hydrogen-bond donors (Lipinski definition) is 1. The number of carbonyl (C=O) groups excluding carboxylic acids is 1.